The summed E-state index contributed by atoms with van der Waals surface area (Å²) >= 11 is 1.59. The van der Waals surface area contributed by atoms with E-state index in [1.165, 1.54) is 23.6 Å². The summed E-state index contributed by atoms with van der Waals surface area (Å²) in [5.74, 6) is 1.55. The second-order valence-corrected chi connectivity index (χ2v) is 11.0. The van der Waals surface area contributed by atoms with Crippen LogP contribution in [-0.4, -0.2) is 44.0 Å². The van der Waals surface area contributed by atoms with Crippen LogP contribution in [-0.2, 0) is 14.8 Å². The van der Waals surface area contributed by atoms with E-state index in [2.05, 4.69) is 5.32 Å². The van der Waals surface area contributed by atoms with Gasteiger partial charge in [-0.25, -0.2) is 8.42 Å². The lowest BCUT2D eigenvalue weighted by atomic mass is 9.93. The third-order valence-electron chi connectivity index (χ3n) is 6.59. The highest BCUT2D eigenvalue weighted by Gasteiger charge is 2.41. The Morgan fingerprint density at radius 1 is 1.07 bits per heavy atom. The van der Waals surface area contributed by atoms with Gasteiger partial charge in [0.25, 0.3) is 0 Å². The predicted molar refractivity (Wildman–Crippen MR) is 107 cm³/mol. The van der Waals surface area contributed by atoms with E-state index in [4.69, 9.17) is 0 Å². The summed E-state index contributed by atoms with van der Waals surface area (Å²) in [5, 5.41) is 3.27. The molecule has 3 atom stereocenters. The van der Waals surface area contributed by atoms with Crippen LogP contribution in [0.1, 0.15) is 38.5 Å². The highest BCUT2D eigenvalue weighted by atomic mass is 32.2. The number of piperidine rings is 1. The van der Waals surface area contributed by atoms with Crippen molar-refractivity contribution in [3.05, 3.63) is 24.3 Å². The summed E-state index contributed by atoms with van der Waals surface area (Å²) in [7, 11) is -3.47. The number of amides is 1. The van der Waals surface area contributed by atoms with Crippen LogP contribution in [0.15, 0.2) is 34.1 Å². The number of hydrogen-bond donors (Lipinski definition) is 1. The standard InChI is InChI=1S/C20H28N2O3S2/c1-26-17-4-6-18(7-5-17)27(24,25)22-10-8-15(9-11-22)20(23)21-19-13-14-2-3-16(19)12-14/h4-7,14-16,19H,2-3,8-13H2,1H3,(H,21,23)/t14-,16+,19+/m0/s1. The third-order valence-corrected chi connectivity index (χ3v) is 9.24. The van der Waals surface area contributed by atoms with E-state index in [9.17, 15) is 13.2 Å². The zero-order valence-corrected chi connectivity index (χ0v) is 17.4. The number of carbonyl (C=O) groups is 1. The minimum atomic E-state index is -3.47. The number of fused-ring (bicyclic) bond motifs is 2. The van der Waals surface area contributed by atoms with Gasteiger partial charge in [-0.2, -0.15) is 4.31 Å². The molecule has 3 aliphatic rings. The highest BCUT2D eigenvalue weighted by Crippen LogP contribution is 2.44. The molecule has 3 fully saturated rings. The van der Waals surface area contributed by atoms with Gasteiger partial charge in [0.2, 0.25) is 15.9 Å². The van der Waals surface area contributed by atoms with Crippen molar-refractivity contribution >= 4 is 27.7 Å². The maximum atomic E-state index is 12.8. The van der Waals surface area contributed by atoms with Crippen molar-refractivity contribution in [2.24, 2.45) is 17.8 Å². The minimum Gasteiger partial charge on any atom is -0.353 e. The van der Waals surface area contributed by atoms with Gasteiger partial charge in [-0.3, -0.25) is 4.79 Å². The van der Waals surface area contributed by atoms with Crippen LogP contribution in [0.25, 0.3) is 0 Å². The average molecular weight is 409 g/mol. The second kappa shape index (κ2) is 7.76. The number of thioether (sulfide) groups is 1. The molecule has 1 saturated heterocycles. The van der Waals surface area contributed by atoms with E-state index in [1.807, 2.05) is 18.4 Å². The van der Waals surface area contributed by atoms with E-state index in [0.29, 0.717) is 42.8 Å². The van der Waals surface area contributed by atoms with Crippen LogP contribution < -0.4 is 5.32 Å². The Bertz CT molecular complexity index is 786. The number of nitrogens with zero attached hydrogens (tertiary/aromatic N) is 1. The van der Waals surface area contributed by atoms with Crippen LogP contribution in [0.2, 0.25) is 0 Å². The van der Waals surface area contributed by atoms with Gasteiger partial charge in [-0.05, 0) is 74.5 Å². The fourth-order valence-electron chi connectivity index (χ4n) is 4.98. The zero-order chi connectivity index (χ0) is 19.0. The predicted octanol–water partition coefficient (Wildman–Crippen LogP) is 3.11. The minimum absolute atomic E-state index is 0.0607. The van der Waals surface area contributed by atoms with Crippen LogP contribution >= 0.6 is 11.8 Å². The number of nitrogens with one attached hydrogen (secondary N) is 1. The Labute approximate surface area is 166 Å². The summed E-state index contributed by atoms with van der Waals surface area (Å²) in [4.78, 5) is 14.0. The summed E-state index contributed by atoms with van der Waals surface area (Å²) in [6.07, 6.45) is 8.17. The number of rotatable bonds is 5. The Morgan fingerprint density at radius 3 is 2.33 bits per heavy atom. The molecule has 0 spiro atoms. The Kier molecular flexibility index (Phi) is 5.54. The van der Waals surface area contributed by atoms with E-state index < -0.39 is 10.0 Å². The van der Waals surface area contributed by atoms with Gasteiger partial charge >= 0.3 is 0 Å². The number of benzene rings is 1. The molecule has 0 aromatic heterocycles. The Balaban J connectivity index is 1.33. The molecule has 7 heteroatoms. The SMILES string of the molecule is CSc1ccc(S(=O)(=O)N2CCC(C(=O)N[C@@H]3C[C@H]4CC[C@@H]3C4)CC2)cc1. The van der Waals surface area contributed by atoms with Gasteiger partial charge < -0.3 is 5.32 Å². The molecule has 0 radical (unpaired) electrons. The largest absolute Gasteiger partial charge is 0.353 e. The number of hydrogen-bond acceptors (Lipinski definition) is 4. The molecule has 0 unspecified atom stereocenters. The van der Waals surface area contributed by atoms with Crippen molar-refractivity contribution in [3.8, 4) is 0 Å². The molecular formula is C20H28N2O3S2. The van der Waals surface area contributed by atoms with Crippen molar-refractivity contribution in [2.75, 3.05) is 19.3 Å². The molecule has 27 heavy (non-hydrogen) atoms. The van der Waals surface area contributed by atoms with Crippen molar-refractivity contribution in [1.82, 2.24) is 9.62 Å². The van der Waals surface area contributed by atoms with Crippen molar-refractivity contribution in [3.63, 3.8) is 0 Å². The molecule has 1 N–H and O–H groups in total. The summed E-state index contributed by atoms with van der Waals surface area (Å²) in [5.41, 5.74) is 0. The summed E-state index contributed by atoms with van der Waals surface area (Å²) in [6.45, 7) is 0.836. The Morgan fingerprint density at radius 2 is 1.78 bits per heavy atom. The Hall–Kier alpha value is -1.05. The average Bonchev–Trinajstić information content (AvgIpc) is 3.31. The molecule has 1 amide bonds. The summed E-state index contributed by atoms with van der Waals surface area (Å²) < 4.78 is 27.2. The zero-order valence-electron chi connectivity index (χ0n) is 15.8. The first-order chi connectivity index (χ1) is 13.0. The quantitative estimate of drug-likeness (QED) is 0.760. The first-order valence-electron chi connectivity index (χ1n) is 9.92. The smallest absolute Gasteiger partial charge is 0.243 e. The maximum Gasteiger partial charge on any atom is 0.243 e. The molecule has 1 aromatic rings. The monoisotopic (exact) mass is 408 g/mol. The van der Waals surface area contributed by atoms with Crippen LogP contribution in [0.3, 0.4) is 0 Å². The normalized spacial score (nSPS) is 29.1. The molecule has 1 aliphatic heterocycles. The molecule has 2 bridgehead atoms. The molecule has 1 heterocycles. The lowest BCUT2D eigenvalue weighted by Gasteiger charge is -2.32. The van der Waals surface area contributed by atoms with Gasteiger partial charge in [-0.15, -0.1) is 11.8 Å². The molecule has 5 nitrogen and oxygen atoms in total. The van der Waals surface area contributed by atoms with Crippen LogP contribution in [0.4, 0.5) is 0 Å². The molecule has 2 aliphatic carbocycles. The van der Waals surface area contributed by atoms with Crippen LogP contribution in [0.5, 0.6) is 0 Å². The lowest BCUT2D eigenvalue weighted by molar-refractivity contribution is -0.127. The fourth-order valence-corrected chi connectivity index (χ4v) is 6.86. The molecule has 1 aromatic carbocycles. The van der Waals surface area contributed by atoms with Crippen molar-refractivity contribution in [2.45, 2.75) is 54.4 Å². The first-order valence-corrected chi connectivity index (χ1v) is 12.6. The van der Waals surface area contributed by atoms with E-state index >= 15 is 0 Å². The molecule has 4 rings (SSSR count). The van der Waals surface area contributed by atoms with Crippen LogP contribution in [0, 0.1) is 17.8 Å². The van der Waals surface area contributed by atoms with E-state index in [0.717, 1.165) is 17.2 Å². The molecular weight excluding hydrogens is 380 g/mol. The van der Waals surface area contributed by atoms with E-state index in [1.54, 1.807) is 23.9 Å². The fraction of sp³-hybridized carbons (Fsp3) is 0.650. The van der Waals surface area contributed by atoms with Gasteiger partial charge in [0.15, 0.2) is 0 Å². The second-order valence-electron chi connectivity index (χ2n) is 8.14. The lowest BCUT2D eigenvalue weighted by Crippen LogP contribution is -2.46. The topological polar surface area (TPSA) is 66.5 Å². The van der Waals surface area contributed by atoms with Gasteiger partial charge in [0, 0.05) is 29.9 Å². The number of carbonyl (C=O) groups excluding carboxylic acids is 1. The summed E-state index contributed by atoms with van der Waals surface area (Å²) in [6, 6.07) is 7.39. The maximum absolute atomic E-state index is 12.8. The van der Waals surface area contributed by atoms with E-state index in [-0.39, 0.29) is 11.8 Å². The number of sulfonamides is 1. The highest BCUT2D eigenvalue weighted by molar-refractivity contribution is 7.98. The third kappa shape index (κ3) is 3.91. The van der Waals surface area contributed by atoms with Gasteiger partial charge in [0.05, 0.1) is 4.90 Å². The van der Waals surface area contributed by atoms with Gasteiger partial charge in [-0.1, -0.05) is 6.42 Å². The van der Waals surface area contributed by atoms with Gasteiger partial charge in [0.1, 0.15) is 0 Å². The van der Waals surface area contributed by atoms with Crippen molar-refractivity contribution < 1.29 is 13.2 Å². The molecule has 2 saturated carbocycles. The first kappa shape index (κ1) is 19.3. The van der Waals surface area contributed by atoms with Crippen molar-refractivity contribution in [1.29, 1.82) is 0 Å². The molecule has 148 valence electrons.